The quantitative estimate of drug-likeness (QED) is 0.856. The summed E-state index contributed by atoms with van der Waals surface area (Å²) in [6.45, 7) is 1.34. The molecule has 7 nitrogen and oxygen atoms in total. The Morgan fingerprint density at radius 3 is 2.75 bits per heavy atom. The standard InChI is InChI=1S/C17H24N2O5/c1-18-15(20)10-17(23-3)11-19(8-9-24-12-17)16(21)13-6-4-5-7-14(13)22-2/h4-7H,8-12H2,1-3H3,(H,18,20)/t17-/m0/s1. The molecule has 0 spiro atoms. The maximum absolute atomic E-state index is 12.9. The van der Waals surface area contributed by atoms with Crippen LogP contribution in [0.25, 0.3) is 0 Å². The Bertz CT molecular complexity index is 592. The molecule has 7 heteroatoms. The van der Waals surface area contributed by atoms with Crippen molar-refractivity contribution >= 4 is 11.8 Å². The van der Waals surface area contributed by atoms with Crippen molar-refractivity contribution < 1.29 is 23.8 Å². The van der Waals surface area contributed by atoms with E-state index in [0.29, 0.717) is 24.5 Å². The summed E-state index contributed by atoms with van der Waals surface area (Å²) in [4.78, 5) is 26.4. The van der Waals surface area contributed by atoms with Crippen molar-refractivity contribution in [2.24, 2.45) is 0 Å². The molecule has 0 radical (unpaired) electrons. The van der Waals surface area contributed by atoms with Crippen LogP contribution in [0.15, 0.2) is 24.3 Å². The summed E-state index contributed by atoms with van der Waals surface area (Å²) in [6, 6.07) is 7.07. The average molecular weight is 336 g/mol. The van der Waals surface area contributed by atoms with Gasteiger partial charge in [0, 0.05) is 20.7 Å². The minimum atomic E-state index is -0.867. The second kappa shape index (κ2) is 8.12. The summed E-state index contributed by atoms with van der Waals surface area (Å²) < 4.78 is 16.5. The van der Waals surface area contributed by atoms with Crippen LogP contribution in [0.2, 0.25) is 0 Å². The molecule has 2 rings (SSSR count). The molecule has 0 bridgehead atoms. The van der Waals surface area contributed by atoms with Gasteiger partial charge in [0.1, 0.15) is 11.4 Å². The third-order valence-electron chi connectivity index (χ3n) is 4.17. The molecule has 1 aliphatic rings. The van der Waals surface area contributed by atoms with Crippen molar-refractivity contribution in [2.75, 3.05) is 47.6 Å². The highest BCUT2D eigenvalue weighted by molar-refractivity contribution is 5.97. The predicted molar refractivity (Wildman–Crippen MR) is 88.1 cm³/mol. The van der Waals surface area contributed by atoms with Crippen LogP contribution >= 0.6 is 0 Å². The smallest absolute Gasteiger partial charge is 0.257 e. The number of carbonyl (C=O) groups is 2. The van der Waals surface area contributed by atoms with Crippen molar-refractivity contribution in [1.82, 2.24) is 10.2 Å². The summed E-state index contributed by atoms with van der Waals surface area (Å²) in [7, 11) is 4.63. The van der Waals surface area contributed by atoms with Gasteiger partial charge in [-0.2, -0.15) is 0 Å². The lowest BCUT2D eigenvalue weighted by atomic mass is 9.98. The van der Waals surface area contributed by atoms with Gasteiger partial charge in [-0.1, -0.05) is 12.1 Å². The largest absolute Gasteiger partial charge is 0.496 e. The van der Waals surface area contributed by atoms with E-state index in [4.69, 9.17) is 14.2 Å². The van der Waals surface area contributed by atoms with Crippen LogP contribution in [0, 0.1) is 0 Å². The van der Waals surface area contributed by atoms with Gasteiger partial charge in [-0.25, -0.2) is 0 Å². The van der Waals surface area contributed by atoms with Crippen LogP contribution < -0.4 is 10.1 Å². The number of nitrogens with zero attached hydrogens (tertiary/aromatic N) is 1. The molecule has 0 aromatic heterocycles. The molecule has 1 atom stereocenters. The fourth-order valence-electron chi connectivity index (χ4n) is 2.75. The number of para-hydroxylation sites is 1. The van der Waals surface area contributed by atoms with Crippen molar-refractivity contribution in [2.45, 2.75) is 12.0 Å². The van der Waals surface area contributed by atoms with Crippen molar-refractivity contribution in [3.8, 4) is 5.75 Å². The summed E-state index contributed by atoms with van der Waals surface area (Å²) in [6.07, 6.45) is 0.121. The molecule has 132 valence electrons. The van der Waals surface area contributed by atoms with E-state index in [2.05, 4.69) is 5.32 Å². The number of benzene rings is 1. The third kappa shape index (κ3) is 4.04. The van der Waals surface area contributed by atoms with E-state index in [9.17, 15) is 9.59 Å². The van der Waals surface area contributed by atoms with Gasteiger partial charge in [0.2, 0.25) is 5.91 Å². The normalized spacial score (nSPS) is 21.0. The lowest BCUT2D eigenvalue weighted by molar-refractivity contribution is -0.131. The molecular weight excluding hydrogens is 312 g/mol. The topological polar surface area (TPSA) is 77.1 Å². The first kappa shape index (κ1) is 18.2. The van der Waals surface area contributed by atoms with Gasteiger partial charge in [-0.05, 0) is 12.1 Å². The molecule has 1 heterocycles. The van der Waals surface area contributed by atoms with E-state index in [1.54, 1.807) is 30.1 Å². The minimum Gasteiger partial charge on any atom is -0.496 e. The van der Waals surface area contributed by atoms with E-state index < -0.39 is 5.60 Å². The number of nitrogens with one attached hydrogen (secondary N) is 1. The Balaban J connectivity index is 2.25. The number of methoxy groups -OCH3 is 2. The third-order valence-corrected chi connectivity index (χ3v) is 4.17. The SMILES string of the molecule is CNC(=O)C[C@@]1(OC)COCCN(C(=O)c2ccccc2OC)C1. The summed E-state index contributed by atoms with van der Waals surface area (Å²) in [5.41, 5.74) is -0.388. The zero-order chi connectivity index (χ0) is 17.6. The number of hydrogen-bond acceptors (Lipinski definition) is 5. The van der Waals surface area contributed by atoms with Crippen molar-refractivity contribution in [3.63, 3.8) is 0 Å². The fourth-order valence-corrected chi connectivity index (χ4v) is 2.75. The predicted octanol–water partition coefficient (Wildman–Crippen LogP) is 0.689. The number of carbonyl (C=O) groups excluding carboxylic acids is 2. The van der Waals surface area contributed by atoms with Crippen LogP contribution in [-0.4, -0.2) is 69.9 Å². The van der Waals surface area contributed by atoms with Crippen molar-refractivity contribution in [1.29, 1.82) is 0 Å². The molecule has 2 amide bonds. The van der Waals surface area contributed by atoms with Gasteiger partial charge in [-0.3, -0.25) is 9.59 Å². The van der Waals surface area contributed by atoms with Gasteiger partial charge in [0.25, 0.3) is 5.91 Å². The first-order valence-corrected chi connectivity index (χ1v) is 7.81. The number of amides is 2. The van der Waals surface area contributed by atoms with Gasteiger partial charge < -0.3 is 24.4 Å². The second-order valence-electron chi connectivity index (χ2n) is 5.72. The van der Waals surface area contributed by atoms with Crippen LogP contribution in [0.4, 0.5) is 0 Å². The zero-order valence-corrected chi connectivity index (χ0v) is 14.3. The molecular formula is C17H24N2O5. The number of hydrogen-bond donors (Lipinski definition) is 1. The molecule has 0 aliphatic carbocycles. The molecule has 24 heavy (non-hydrogen) atoms. The van der Waals surface area contributed by atoms with E-state index in [0.717, 1.165) is 0 Å². The number of rotatable bonds is 5. The summed E-state index contributed by atoms with van der Waals surface area (Å²) in [5, 5.41) is 2.59. The molecule has 1 aliphatic heterocycles. The second-order valence-corrected chi connectivity index (χ2v) is 5.72. The van der Waals surface area contributed by atoms with Gasteiger partial charge in [-0.15, -0.1) is 0 Å². The van der Waals surface area contributed by atoms with Gasteiger partial charge in [0.15, 0.2) is 0 Å². The molecule has 1 saturated heterocycles. The molecule has 0 saturated carbocycles. The molecule has 1 fully saturated rings. The van der Waals surface area contributed by atoms with Crippen LogP contribution in [0.3, 0.4) is 0 Å². The van der Waals surface area contributed by atoms with Crippen LogP contribution in [0.1, 0.15) is 16.8 Å². The minimum absolute atomic E-state index is 0.121. The summed E-state index contributed by atoms with van der Waals surface area (Å²) >= 11 is 0. The Labute approximate surface area is 141 Å². The maximum Gasteiger partial charge on any atom is 0.257 e. The van der Waals surface area contributed by atoms with Crippen molar-refractivity contribution in [3.05, 3.63) is 29.8 Å². The van der Waals surface area contributed by atoms with Gasteiger partial charge >= 0.3 is 0 Å². The van der Waals surface area contributed by atoms with E-state index in [-0.39, 0.29) is 31.4 Å². The van der Waals surface area contributed by atoms with E-state index in [1.165, 1.54) is 14.2 Å². The highest BCUT2D eigenvalue weighted by atomic mass is 16.5. The monoisotopic (exact) mass is 336 g/mol. The zero-order valence-electron chi connectivity index (χ0n) is 14.3. The first-order valence-electron chi connectivity index (χ1n) is 7.81. The molecule has 1 aromatic carbocycles. The lowest BCUT2D eigenvalue weighted by Crippen LogP contribution is -2.50. The Kier molecular flexibility index (Phi) is 6.16. The lowest BCUT2D eigenvalue weighted by Gasteiger charge is -2.33. The Hall–Kier alpha value is -2.12. The fraction of sp³-hybridized carbons (Fsp3) is 0.529. The molecule has 0 unspecified atom stereocenters. The average Bonchev–Trinajstić information content (AvgIpc) is 2.84. The summed E-state index contributed by atoms with van der Waals surface area (Å²) in [5.74, 6) is 0.185. The van der Waals surface area contributed by atoms with Gasteiger partial charge in [0.05, 0.1) is 38.9 Å². The molecule has 1 N–H and O–H groups in total. The first-order chi connectivity index (χ1) is 11.5. The van der Waals surface area contributed by atoms with Crippen LogP contribution in [0.5, 0.6) is 5.75 Å². The number of ether oxygens (including phenoxy) is 3. The molecule has 1 aromatic rings. The van der Waals surface area contributed by atoms with E-state index >= 15 is 0 Å². The Morgan fingerprint density at radius 1 is 1.33 bits per heavy atom. The maximum atomic E-state index is 12.9. The van der Waals surface area contributed by atoms with Crippen LogP contribution in [-0.2, 0) is 14.3 Å². The highest BCUT2D eigenvalue weighted by Gasteiger charge is 2.39. The Morgan fingerprint density at radius 2 is 2.08 bits per heavy atom. The van der Waals surface area contributed by atoms with E-state index in [1.807, 2.05) is 6.07 Å². The highest BCUT2D eigenvalue weighted by Crippen LogP contribution is 2.25.